The van der Waals surface area contributed by atoms with E-state index in [4.69, 9.17) is 0 Å². The maximum atomic E-state index is 9.75. The molecule has 0 amide bonds. The Morgan fingerprint density at radius 1 is 1.44 bits per heavy atom. The van der Waals surface area contributed by atoms with Gasteiger partial charge in [-0.25, -0.2) is 5.11 Å². The normalized spacial score (nSPS) is 10.7. The predicted molar refractivity (Wildman–Crippen MR) is 35.6 cm³/mol. The Hall–Kier alpha value is -0.0800. The van der Waals surface area contributed by atoms with E-state index < -0.39 is 6.79 Å². The molecule has 0 aliphatic rings. The summed E-state index contributed by atoms with van der Waals surface area (Å²) >= 11 is 0. The van der Waals surface area contributed by atoms with Gasteiger partial charge in [-0.15, -0.1) is 0 Å². The van der Waals surface area contributed by atoms with E-state index in [-0.39, 0.29) is 0 Å². The Morgan fingerprint density at radius 2 is 2.11 bits per heavy atom. The summed E-state index contributed by atoms with van der Waals surface area (Å²) in [6.45, 7) is 4.56. The highest BCUT2D eigenvalue weighted by atomic mass is 16.6. The summed E-state index contributed by atoms with van der Waals surface area (Å²) in [5.74, 6) is 0.722. The average molecular weight is 131 g/mol. The van der Waals surface area contributed by atoms with Crippen LogP contribution in [0.15, 0.2) is 0 Å². The van der Waals surface area contributed by atoms with Crippen molar-refractivity contribution in [1.82, 2.24) is 0 Å². The SMILES string of the molecule is CC(C)CCCOC[O]. The third-order valence-corrected chi connectivity index (χ3v) is 1.15. The molecule has 0 bridgehead atoms. The lowest BCUT2D eigenvalue weighted by atomic mass is 10.1. The average Bonchev–Trinajstić information content (AvgIpc) is 1.80. The summed E-state index contributed by atoms with van der Waals surface area (Å²) in [5.41, 5.74) is 0. The number of ether oxygens (including phenoxy) is 1. The highest BCUT2D eigenvalue weighted by Gasteiger charge is 1.92. The van der Waals surface area contributed by atoms with Crippen molar-refractivity contribution in [3.8, 4) is 0 Å². The predicted octanol–water partition coefficient (Wildman–Crippen LogP) is 1.83. The van der Waals surface area contributed by atoms with Gasteiger partial charge in [0, 0.05) is 6.61 Å². The van der Waals surface area contributed by atoms with Crippen molar-refractivity contribution in [3.05, 3.63) is 0 Å². The molecule has 0 aromatic heterocycles. The van der Waals surface area contributed by atoms with Crippen molar-refractivity contribution >= 4 is 0 Å². The Balaban J connectivity index is 2.75. The van der Waals surface area contributed by atoms with Crippen LogP contribution >= 0.6 is 0 Å². The first-order valence-corrected chi connectivity index (χ1v) is 3.43. The first-order chi connectivity index (χ1) is 4.27. The molecule has 0 spiro atoms. The van der Waals surface area contributed by atoms with Gasteiger partial charge in [-0.05, 0) is 18.8 Å². The molecule has 0 fully saturated rings. The molecule has 0 aromatic carbocycles. The molecular formula is C7H15O2. The molecule has 0 heterocycles. The van der Waals surface area contributed by atoms with E-state index in [0.717, 1.165) is 18.8 Å². The molecule has 55 valence electrons. The summed E-state index contributed by atoms with van der Waals surface area (Å²) in [7, 11) is 0. The zero-order valence-electron chi connectivity index (χ0n) is 6.22. The second kappa shape index (κ2) is 6.05. The van der Waals surface area contributed by atoms with E-state index in [1.807, 2.05) is 0 Å². The van der Waals surface area contributed by atoms with Gasteiger partial charge in [0.2, 0.25) is 0 Å². The Labute approximate surface area is 56.8 Å². The lowest BCUT2D eigenvalue weighted by Crippen LogP contribution is -1.96. The van der Waals surface area contributed by atoms with Gasteiger partial charge in [0.25, 0.3) is 0 Å². The topological polar surface area (TPSA) is 29.1 Å². The van der Waals surface area contributed by atoms with Crippen LogP contribution in [0.5, 0.6) is 0 Å². The summed E-state index contributed by atoms with van der Waals surface area (Å²) < 4.78 is 4.63. The second-order valence-corrected chi connectivity index (χ2v) is 2.56. The van der Waals surface area contributed by atoms with Gasteiger partial charge in [-0.1, -0.05) is 13.8 Å². The minimum atomic E-state index is -0.391. The first kappa shape index (κ1) is 8.92. The Morgan fingerprint density at radius 3 is 2.56 bits per heavy atom. The van der Waals surface area contributed by atoms with Gasteiger partial charge < -0.3 is 4.74 Å². The monoisotopic (exact) mass is 131 g/mol. The van der Waals surface area contributed by atoms with Crippen LogP contribution in [0.3, 0.4) is 0 Å². The van der Waals surface area contributed by atoms with E-state index >= 15 is 0 Å². The maximum Gasteiger partial charge on any atom is 0.180 e. The van der Waals surface area contributed by atoms with Crippen molar-refractivity contribution in [2.45, 2.75) is 26.7 Å². The lowest BCUT2D eigenvalue weighted by molar-refractivity contribution is -0.0451. The van der Waals surface area contributed by atoms with Crippen LogP contribution < -0.4 is 0 Å². The standard InChI is InChI=1S/C7H15O2/c1-7(2)4-3-5-9-6-8/h7H,3-6H2,1-2H3. The van der Waals surface area contributed by atoms with E-state index in [1.54, 1.807) is 0 Å². The maximum absolute atomic E-state index is 9.75. The first-order valence-electron chi connectivity index (χ1n) is 3.43. The fraction of sp³-hybridized carbons (Fsp3) is 1.00. The van der Waals surface area contributed by atoms with Crippen molar-refractivity contribution in [2.24, 2.45) is 5.92 Å². The third kappa shape index (κ3) is 7.92. The molecule has 0 unspecified atom stereocenters. The van der Waals surface area contributed by atoms with Crippen LogP contribution in [0, 0.1) is 5.92 Å². The fourth-order valence-electron chi connectivity index (χ4n) is 0.653. The van der Waals surface area contributed by atoms with Gasteiger partial charge >= 0.3 is 0 Å². The van der Waals surface area contributed by atoms with E-state index in [0.29, 0.717) is 6.61 Å². The molecule has 0 saturated carbocycles. The molecule has 0 aliphatic carbocycles. The van der Waals surface area contributed by atoms with Crippen molar-refractivity contribution < 1.29 is 9.84 Å². The van der Waals surface area contributed by atoms with Crippen LogP contribution in [0.25, 0.3) is 0 Å². The van der Waals surface area contributed by atoms with E-state index in [9.17, 15) is 5.11 Å². The molecule has 0 aliphatic heterocycles. The Kier molecular flexibility index (Phi) is 5.99. The van der Waals surface area contributed by atoms with Gasteiger partial charge in [0.15, 0.2) is 6.79 Å². The van der Waals surface area contributed by atoms with Crippen LogP contribution in [-0.2, 0) is 9.84 Å². The van der Waals surface area contributed by atoms with E-state index in [2.05, 4.69) is 18.6 Å². The smallest absolute Gasteiger partial charge is 0.180 e. The molecule has 9 heavy (non-hydrogen) atoms. The van der Waals surface area contributed by atoms with Gasteiger partial charge in [0.05, 0.1) is 0 Å². The highest BCUT2D eigenvalue weighted by Crippen LogP contribution is 2.02. The molecule has 0 rings (SSSR count). The van der Waals surface area contributed by atoms with Crippen molar-refractivity contribution in [2.75, 3.05) is 13.4 Å². The minimum absolute atomic E-state index is 0.391. The molecule has 2 heteroatoms. The van der Waals surface area contributed by atoms with Gasteiger partial charge in [-0.2, -0.15) is 0 Å². The largest absolute Gasteiger partial charge is 0.352 e. The number of hydrogen-bond donors (Lipinski definition) is 0. The molecular weight excluding hydrogens is 116 g/mol. The van der Waals surface area contributed by atoms with Crippen LogP contribution in [0.4, 0.5) is 0 Å². The summed E-state index contributed by atoms with van der Waals surface area (Å²) in [6.07, 6.45) is 2.17. The lowest BCUT2D eigenvalue weighted by Gasteiger charge is -2.02. The molecule has 1 radical (unpaired) electrons. The number of hydrogen-bond acceptors (Lipinski definition) is 1. The quantitative estimate of drug-likeness (QED) is 0.413. The van der Waals surface area contributed by atoms with Gasteiger partial charge in [0.1, 0.15) is 0 Å². The molecule has 0 atom stereocenters. The highest BCUT2D eigenvalue weighted by molar-refractivity contribution is 4.43. The van der Waals surface area contributed by atoms with Crippen LogP contribution in [0.2, 0.25) is 0 Å². The second-order valence-electron chi connectivity index (χ2n) is 2.56. The summed E-state index contributed by atoms with van der Waals surface area (Å²) in [4.78, 5) is 0. The molecule has 0 aromatic rings. The van der Waals surface area contributed by atoms with Crippen molar-refractivity contribution in [1.29, 1.82) is 0 Å². The van der Waals surface area contributed by atoms with E-state index in [1.165, 1.54) is 0 Å². The summed E-state index contributed by atoms with van der Waals surface area (Å²) in [6, 6.07) is 0. The molecule has 0 N–H and O–H groups in total. The minimum Gasteiger partial charge on any atom is -0.352 e. The van der Waals surface area contributed by atoms with Crippen molar-refractivity contribution in [3.63, 3.8) is 0 Å². The molecule has 2 nitrogen and oxygen atoms in total. The summed E-state index contributed by atoms with van der Waals surface area (Å²) in [5, 5.41) is 9.75. The zero-order chi connectivity index (χ0) is 7.11. The third-order valence-electron chi connectivity index (χ3n) is 1.15. The Bertz CT molecular complexity index is 52.9. The van der Waals surface area contributed by atoms with Gasteiger partial charge in [-0.3, -0.25) is 0 Å². The van der Waals surface area contributed by atoms with Crippen LogP contribution in [0.1, 0.15) is 26.7 Å². The molecule has 0 saturated heterocycles. The fourth-order valence-corrected chi connectivity index (χ4v) is 0.653. The number of rotatable bonds is 5. The van der Waals surface area contributed by atoms with Crippen LogP contribution in [-0.4, -0.2) is 13.4 Å². The zero-order valence-corrected chi connectivity index (χ0v) is 6.22.